The lowest BCUT2D eigenvalue weighted by molar-refractivity contribution is -0.142. The number of nitrogens with two attached hydrogens (primary N) is 1. The Morgan fingerprint density at radius 3 is 2.57 bits per heavy atom. The Labute approximate surface area is 129 Å². The number of rotatable bonds is 8. The van der Waals surface area contributed by atoms with Gasteiger partial charge in [0, 0.05) is 17.0 Å². The maximum atomic E-state index is 11.9. The average molecular weight is 313 g/mol. The van der Waals surface area contributed by atoms with Crippen molar-refractivity contribution >= 4 is 23.5 Å². The van der Waals surface area contributed by atoms with Crippen LogP contribution in [0.3, 0.4) is 0 Å². The summed E-state index contributed by atoms with van der Waals surface area (Å²) in [5, 5.41) is 12.1. The third-order valence-corrected chi connectivity index (χ3v) is 3.64. The van der Waals surface area contributed by atoms with E-state index in [1.807, 2.05) is 6.92 Å². The van der Waals surface area contributed by atoms with Crippen LogP contribution in [0.5, 0.6) is 0 Å². The van der Waals surface area contributed by atoms with Crippen molar-refractivity contribution in [1.29, 1.82) is 0 Å². The van der Waals surface area contributed by atoms with Crippen molar-refractivity contribution < 1.29 is 14.7 Å². The first-order chi connectivity index (χ1) is 9.95. The van der Waals surface area contributed by atoms with Crippen LogP contribution in [-0.4, -0.2) is 23.5 Å². The van der Waals surface area contributed by atoms with Crippen LogP contribution in [0.2, 0.25) is 5.02 Å². The lowest BCUT2D eigenvalue weighted by atomic mass is 10.0. The van der Waals surface area contributed by atoms with E-state index >= 15 is 0 Å². The molecule has 0 saturated carbocycles. The zero-order valence-corrected chi connectivity index (χ0v) is 12.8. The number of carboxylic acids is 1. The van der Waals surface area contributed by atoms with Gasteiger partial charge in [-0.05, 0) is 31.4 Å². The summed E-state index contributed by atoms with van der Waals surface area (Å²) in [5.41, 5.74) is 5.84. The number of amides is 1. The van der Waals surface area contributed by atoms with Gasteiger partial charge in [-0.25, -0.2) is 4.79 Å². The van der Waals surface area contributed by atoms with Gasteiger partial charge < -0.3 is 16.2 Å². The number of carbonyl (C=O) groups is 2. The number of nitrogens with one attached hydrogen (secondary N) is 1. The molecule has 1 unspecified atom stereocenters. The van der Waals surface area contributed by atoms with Crippen molar-refractivity contribution in [2.24, 2.45) is 11.7 Å². The highest BCUT2D eigenvalue weighted by Crippen LogP contribution is 2.23. The number of benzene rings is 1. The topological polar surface area (TPSA) is 92.4 Å². The molecule has 0 aromatic heterocycles. The maximum absolute atomic E-state index is 11.9. The Hall–Kier alpha value is -1.59. The molecule has 0 fully saturated rings. The predicted molar refractivity (Wildman–Crippen MR) is 82.0 cm³/mol. The zero-order valence-electron chi connectivity index (χ0n) is 12.0. The van der Waals surface area contributed by atoms with Gasteiger partial charge >= 0.3 is 5.97 Å². The van der Waals surface area contributed by atoms with Crippen molar-refractivity contribution in [1.82, 2.24) is 5.32 Å². The Morgan fingerprint density at radius 2 is 2.00 bits per heavy atom. The van der Waals surface area contributed by atoms with E-state index in [1.54, 1.807) is 24.3 Å². The van der Waals surface area contributed by atoms with E-state index in [4.69, 9.17) is 17.3 Å². The standard InChI is InChI=1S/C15H21ClN2O3/c1-10(8-9-17)6-7-13(19)18-14(15(20)21)11-4-2-3-5-12(11)16/h2-5,10,14H,6-9,17H2,1H3,(H,18,19)(H,20,21)/t10?,14-/m1/s1. The van der Waals surface area contributed by atoms with Gasteiger partial charge in [-0.15, -0.1) is 0 Å². The maximum Gasteiger partial charge on any atom is 0.330 e. The fraction of sp³-hybridized carbons (Fsp3) is 0.467. The van der Waals surface area contributed by atoms with Gasteiger partial charge in [0.15, 0.2) is 6.04 Å². The molecule has 0 radical (unpaired) electrons. The molecule has 1 aromatic carbocycles. The van der Waals surface area contributed by atoms with Gasteiger partial charge in [0.25, 0.3) is 0 Å². The van der Waals surface area contributed by atoms with Crippen molar-refractivity contribution in [3.63, 3.8) is 0 Å². The van der Waals surface area contributed by atoms with Crippen molar-refractivity contribution in [3.8, 4) is 0 Å². The second kappa shape index (κ2) is 8.64. The summed E-state index contributed by atoms with van der Waals surface area (Å²) in [4.78, 5) is 23.2. The molecule has 0 aliphatic carbocycles. The summed E-state index contributed by atoms with van der Waals surface area (Å²) in [6.07, 6.45) is 1.80. The minimum Gasteiger partial charge on any atom is -0.479 e. The van der Waals surface area contributed by atoms with E-state index in [9.17, 15) is 14.7 Å². The minimum absolute atomic E-state index is 0.273. The minimum atomic E-state index is -1.13. The van der Waals surface area contributed by atoms with Crippen LogP contribution in [0.15, 0.2) is 24.3 Å². The smallest absolute Gasteiger partial charge is 0.330 e. The molecule has 2 atom stereocenters. The molecule has 4 N–H and O–H groups in total. The Bertz CT molecular complexity index is 494. The number of hydrogen-bond donors (Lipinski definition) is 3. The highest BCUT2D eigenvalue weighted by Gasteiger charge is 2.24. The van der Waals surface area contributed by atoms with Gasteiger partial charge in [0.05, 0.1) is 0 Å². The third-order valence-electron chi connectivity index (χ3n) is 3.29. The summed E-state index contributed by atoms with van der Waals surface area (Å²) >= 11 is 5.99. The lowest BCUT2D eigenvalue weighted by Crippen LogP contribution is -2.34. The third kappa shape index (κ3) is 5.73. The fourth-order valence-electron chi connectivity index (χ4n) is 2.02. The molecule has 116 valence electrons. The number of carbonyl (C=O) groups excluding carboxylic acids is 1. The van der Waals surface area contributed by atoms with E-state index in [0.717, 1.165) is 6.42 Å². The lowest BCUT2D eigenvalue weighted by Gasteiger charge is -2.17. The summed E-state index contributed by atoms with van der Waals surface area (Å²) in [5.74, 6) is -1.10. The quantitative estimate of drug-likeness (QED) is 0.687. The molecule has 0 spiro atoms. The molecule has 0 aliphatic heterocycles. The molecule has 0 heterocycles. The molecule has 21 heavy (non-hydrogen) atoms. The number of halogens is 1. The van der Waals surface area contributed by atoms with Crippen LogP contribution in [0.25, 0.3) is 0 Å². The predicted octanol–water partition coefficient (Wildman–Crippen LogP) is 2.35. The zero-order chi connectivity index (χ0) is 15.8. The molecule has 0 bridgehead atoms. The number of aliphatic carboxylic acids is 1. The summed E-state index contributed by atoms with van der Waals surface area (Å²) < 4.78 is 0. The van der Waals surface area contributed by atoms with Crippen molar-refractivity contribution in [3.05, 3.63) is 34.9 Å². The average Bonchev–Trinajstić information content (AvgIpc) is 2.43. The van der Waals surface area contributed by atoms with Gasteiger partial charge in [0.2, 0.25) is 5.91 Å². The van der Waals surface area contributed by atoms with Crippen LogP contribution in [0.1, 0.15) is 37.8 Å². The Balaban J connectivity index is 2.66. The summed E-state index contributed by atoms with van der Waals surface area (Å²) in [7, 11) is 0. The van der Waals surface area contributed by atoms with E-state index < -0.39 is 12.0 Å². The van der Waals surface area contributed by atoms with Crippen LogP contribution < -0.4 is 11.1 Å². The second-order valence-electron chi connectivity index (χ2n) is 5.08. The van der Waals surface area contributed by atoms with Crippen LogP contribution in [0.4, 0.5) is 0 Å². The molecule has 6 heteroatoms. The number of hydrogen-bond acceptors (Lipinski definition) is 3. The van der Waals surface area contributed by atoms with Crippen molar-refractivity contribution in [2.45, 2.75) is 32.2 Å². The van der Waals surface area contributed by atoms with Gasteiger partial charge in [-0.1, -0.05) is 36.7 Å². The van der Waals surface area contributed by atoms with Gasteiger partial charge in [-0.3, -0.25) is 4.79 Å². The molecule has 0 aliphatic rings. The van der Waals surface area contributed by atoms with Crippen molar-refractivity contribution in [2.75, 3.05) is 6.54 Å². The SMILES string of the molecule is CC(CCN)CCC(=O)N[C@@H](C(=O)O)c1ccccc1Cl. The summed E-state index contributed by atoms with van der Waals surface area (Å²) in [6, 6.07) is 5.46. The largest absolute Gasteiger partial charge is 0.479 e. The number of carboxylic acid groups (broad SMARTS) is 1. The highest BCUT2D eigenvalue weighted by atomic mass is 35.5. The molecule has 1 rings (SSSR count). The fourth-order valence-corrected chi connectivity index (χ4v) is 2.27. The molecular weight excluding hydrogens is 292 g/mol. The normalized spacial score (nSPS) is 13.5. The first-order valence-electron chi connectivity index (χ1n) is 6.92. The second-order valence-corrected chi connectivity index (χ2v) is 5.49. The van der Waals surface area contributed by atoms with Crippen LogP contribution >= 0.6 is 11.6 Å². The van der Waals surface area contributed by atoms with E-state index in [-0.39, 0.29) is 12.3 Å². The van der Waals surface area contributed by atoms with Gasteiger partial charge in [0.1, 0.15) is 0 Å². The molecule has 1 amide bonds. The molecular formula is C15H21ClN2O3. The highest BCUT2D eigenvalue weighted by molar-refractivity contribution is 6.31. The first kappa shape index (κ1) is 17.5. The molecule has 0 saturated heterocycles. The molecule has 5 nitrogen and oxygen atoms in total. The van der Waals surface area contributed by atoms with Crippen LogP contribution in [-0.2, 0) is 9.59 Å². The van der Waals surface area contributed by atoms with E-state index in [1.165, 1.54) is 0 Å². The van der Waals surface area contributed by atoms with Gasteiger partial charge in [-0.2, -0.15) is 0 Å². The first-order valence-corrected chi connectivity index (χ1v) is 7.30. The Kier molecular flexibility index (Phi) is 7.19. The Morgan fingerprint density at radius 1 is 1.33 bits per heavy atom. The van der Waals surface area contributed by atoms with Crippen LogP contribution in [0, 0.1) is 5.92 Å². The monoisotopic (exact) mass is 312 g/mol. The summed E-state index contributed by atoms with van der Waals surface area (Å²) in [6.45, 7) is 2.60. The van der Waals surface area contributed by atoms with E-state index in [0.29, 0.717) is 29.5 Å². The molecule has 1 aromatic rings. The van der Waals surface area contributed by atoms with E-state index in [2.05, 4.69) is 5.32 Å².